The van der Waals surface area contributed by atoms with Crippen molar-refractivity contribution >= 4 is 22.3 Å². The Hall–Kier alpha value is -3.17. The Morgan fingerprint density at radius 3 is 2.83 bits per heavy atom. The molecule has 7 nitrogen and oxygen atoms in total. The average molecular weight is 412 g/mol. The summed E-state index contributed by atoms with van der Waals surface area (Å²) in [6.45, 7) is 1.87. The number of ether oxygens (including phenoxy) is 2. The van der Waals surface area contributed by atoms with Crippen LogP contribution in [-0.2, 0) is 16.9 Å². The van der Waals surface area contributed by atoms with Gasteiger partial charge in [-0.15, -0.1) is 0 Å². The number of nitrogens with one attached hydrogen (secondary N) is 1. The largest absolute Gasteiger partial charge is 0.609 e. The summed E-state index contributed by atoms with van der Waals surface area (Å²) in [4.78, 5) is 15.9. The molecule has 0 fully saturated rings. The van der Waals surface area contributed by atoms with E-state index in [0.29, 0.717) is 33.5 Å². The Labute approximate surface area is 169 Å². The highest BCUT2D eigenvalue weighted by Gasteiger charge is 2.21. The summed E-state index contributed by atoms with van der Waals surface area (Å²) in [5.74, 6) is 1.09. The van der Waals surface area contributed by atoms with Crippen LogP contribution in [0.5, 0.6) is 17.4 Å². The third-order valence-electron chi connectivity index (χ3n) is 4.28. The molecule has 9 heteroatoms. The van der Waals surface area contributed by atoms with Crippen molar-refractivity contribution in [2.45, 2.75) is 17.8 Å². The minimum atomic E-state index is -1.45. The molecule has 0 aliphatic carbocycles. The Bertz CT molecular complexity index is 1170. The van der Waals surface area contributed by atoms with Crippen molar-refractivity contribution in [3.63, 3.8) is 0 Å². The van der Waals surface area contributed by atoms with Crippen LogP contribution in [0.15, 0.2) is 53.8 Å². The quantitative estimate of drug-likeness (QED) is 0.483. The van der Waals surface area contributed by atoms with Crippen molar-refractivity contribution in [1.82, 2.24) is 19.9 Å². The Morgan fingerprint density at radius 1 is 1.17 bits per heavy atom. The molecule has 3 heterocycles. The number of benzene rings is 1. The molecule has 4 rings (SSSR count). The summed E-state index contributed by atoms with van der Waals surface area (Å²) in [5, 5.41) is 0.291. The van der Waals surface area contributed by atoms with Gasteiger partial charge in [0.05, 0.1) is 12.8 Å². The fourth-order valence-electron chi connectivity index (χ4n) is 2.79. The highest BCUT2D eigenvalue weighted by atomic mass is 32.2. The van der Waals surface area contributed by atoms with Gasteiger partial charge in [-0.1, -0.05) is 6.07 Å². The molecular weight excluding hydrogens is 395 g/mol. The van der Waals surface area contributed by atoms with E-state index in [0.717, 1.165) is 5.56 Å². The van der Waals surface area contributed by atoms with Gasteiger partial charge in [0.2, 0.25) is 5.88 Å². The minimum Gasteiger partial charge on any atom is -0.609 e. The second kappa shape index (κ2) is 8.06. The molecule has 4 aromatic rings. The lowest BCUT2D eigenvalue weighted by Gasteiger charge is -2.10. The van der Waals surface area contributed by atoms with Gasteiger partial charge in [-0.3, -0.25) is 9.97 Å². The van der Waals surface area contributed by atoms with E-state index in [1.54, 1.807) is 43.6 Å². The van der Waals surface area contributed by atoms with Crippen molar-refractivity contribution < 1.29 is 18.4 Å². The normalized spacial score (nSPS) is 12.1. The molecule has 0 aliphatic heterocycles. The molecule has 0 radical (unpaired) electrons. The SMILES string of the molecule is COc1ccnc(C[S+]([O-])c2nc3ccc(Oc4cccc(F)c4)nc3[nH]2)c1C. The van der Waals surface area contributed by atoms with Gasteiger partial charge in [0.1, 0.15) is 22.8 Å². The molecule has 0 spiro atoms. The molecule has 29 heavy (non-hydrogen) atoms. The number of aromatic nitrogens is 4. The van der Waals surface area contributed by atoms with Gasteiger partial charge in [-0.2, -0.15) is 9.97 Å². The second-order valence-electron chi connectivity index (χ2n) is 6.19. The minimum absolute atomic E-state index is 0.190. The number of rotatable bonds is 6. The molecule has 0 bridgehead atoms. The van der Waals surface area contributed by atoms with Crippen LogP contribution in [0, 0.1) is 12.7 Å². The van der Waals surface area contributed by atoms with Crippen LogP contribution in [-0.4, -0.2) is 31.6 Å². The van der Waals surface area contributed by atoms with Crippen LogP contribution in [0.2, 0.25) is 0 Å². The van der Waals surface area contributed by atoms with Gasteiger partial charge < -0.3 is 14.0 Å². The molecule has 1 unspecified atom stereocenters. The van der Waals surface area contributed by atoms with Crippen LogP contribution in [0.4, 0.5) is 4.39 Å². The lowest BCUT2D eigenvalue weighted by atomic mass is 10.2. The van der Waals surface area contributed by atoms with Crippen molar-refractivity contribution in [3.8, 4) is 17.4 Å². The maximum Gasteiger partial charge on any atom is 0.323 e. The highest BCUT2D eigenvalue weighted by molar-refractivity contribution is 7.90. The van der Waals surface area contributed by atoms with Gasteiger partial charge in [-0.25, -0.2) is 4.39 Å². The zero-order valence-corrected chi connectivity index (χ0v) is 16.5. The van der Waals surface area contributed by atoms with Gasteiger partial charge >= 0.3 is 5.16 Å². The van der Waals surface area contributed by atoms with E-state index in [4.69, 9.17) is 9.47 Å². The van der Waals surface area contributed by atoms with Gasteiger partial charge in [-0.05, 0) is 31.2 Å². The van der Waals surface area contributed by atoms with Gasteiger partial charge in [0, 0.05) is 35.1 Å². The highest BCUT2D eigenvalue weighted by Crippen LogP contribution is 2.25. The number of methoxy groups -OCH3 is 1. The number of pyridine rings is 2. The Morgan fingerprint density at radius 2 is 2.03 bits per heavy atom. The summed E-state index contributed by atoms with van der Waals surface area (Å²) >= 11 is -1.45. The maximum atomic E-state index is 13.3. The average Bonchev–Trinajstić information content (AvgIpc) is 3.13. The standard InChI is InChI=1S/C20H17FN4O3S/c1-12-16(22-9-8-17(12)27-2)11-29(26)20-23-15-6-7-18(24-19(15)25-20)28-14-5-3-4-13(21)10-14/h3-10H,11H2,1-2H3,(H,23,24,25). The number of hydrogen-bond acceptors (Lipinski definition) is 6. The molecule has 1 aromatic carbocycles. The van der Waals surface area contributed by atoms with Crippen molar-refractivity contribution in [1.29, 1.82) is 0 Å². The predicted octanol–water partition coefficient (Wildman–Crippen LogP) is 3.91. The molecule has 3 aromatic heterocycles. The summed E-state index contributed by atoms with van der Waals surface area (Å²) < 4.78 is 36.9. The molecular formula is C20H17FN4O3S. The van der Waals surface area contributed by atoms with E-state index >= 15 is 0 Å². The number of hydrogen-bond donors (Lipinski definition) is 1. The Kier molecular flexibility index (Phi) is 5.32. The van der Waals surface area contributed by atoms with Crippen LogP contribution < -0.4 is 9.47 Å². The molecule has 0 saturated carbocycles. The zero-order valence-electron chi connectivity index (χ0n) is 15.7. The summed E-state index contributed by atoms with van der Waals surface area (Å²) in [6, 6.07) is 10.9. The second-order valence-corrected chi connectivity index (χ2v) is 7.56. The zero-order chi connectivity index (χ0) is 20.4. The third kappa shape index (κ3) is 4.15. The molecule has 0 aliphatic rings. The number of fused-ring (bicyclic) bond motifs is 1. The summed E-state index contributed by atoms with van der Waals surface area (Å²) in [5.41, 5.74) is 2.49. The predicted molar refractivity (Wildman–Crippen MR) is 106 cm³/mol. The Balaban J connectivity index is 1.55. The van der Waals surface area contributed by atoms with Crippen LogP contribution in [0.1, 0.15) is 11.3 Å². The van der Waals surface area contributed by atoms with Crippen molar-refractivity contribution in [2.24, 2.45) is 0 Å². The number of nitrogens with zero attached hydrogens (tertiary/aromatic N) is 3. The molecule has 0 saturated heterocycles. The fraction of sp³-hybridized carbons (Fsp3) is 0.150. The van der Waals surface area contributed by atoms with E-state index in [1.165, 1.54) is 12.1 Å². The first-order valence-corrected chi connectivity index (χ1v) is 10.0. The first-order chi connectivity index (χ1) is 14.0. The molecule has 0 amide bonds. The number of imidazole rings is 1. The topological polar surface area (TPSA) is 96.0 Å². The first-order valence-electron chi connectivity index (χ1n) is 8.70. The first kappa shape index (κ1) is 19.2. The summed E-state index contributed by atoms with van der Waals surface area (Å²) in [6.07, 6.45) is 1.62. The van der Waals surface area contributed by atoms with E-state index in [2.05, 4.69) is 19.9 Å². The van der Waals surface area contributed by atoms with Crippen LogP contribution >= 0.6 is 0 Å². The van der Waals surface area contributed by atoms with Gasteiger partial charge in [0.25, 0.3) is 0 Å². The number of H-pyrrole nitrogens is 1. The number of aromatic amines is 1. The lowest BCUT2D eigenvalue weighted by molar-refractivity contribution is 0.410. The summed E-state index contributed by atoms with van der Waals surface area (Å²) in [7, 11) is 1.58. The van der Waals surface area contributed by atoms with E-state index in [9.17, 15) is 8.94 Å². The van der Waals surface area contributed by atoms with E-state index < -0.39 is 17.0 Å². The maximum absolute atomic E-state index is 13.3. The molecule has 1 N–H and O–H groups in total. The van der Waals surface area contributed by atoms with Crippen molar-refractivity contribution in [3.05, 3.63) is 65.7 Å². The van der Waals surface area contributed by atoms with Crippen LogP contribution in [0.3, 0.4) is 0 Å². The van der Waals surface area contributed by atoms with Crippen molar-refractivity contribution in [2.75, 3.05) is 7.11 Å². The smallest absolute Gasteiger partial charge is 0.323 e. The number of halogens is 1. The lowest BCUT2D eigenvalue weighted by Crippen LogP contribution is -2.10. The van der Waals surface area contributed by atoms with E-state index in [-0.39, 0.29) is 11.6 Å². The van der Waals surface area contributed by atoms with Crippen LogP contribution in [0.25, 0.3) is 11.2 Å². The van der Waals surface area contributed by atoms with E-state index in [1.807, 2.05) is 6.92 Å². The van der Waals surface area contributed by atoms with Gasteiger partial charge in [0.15, 0.2) is 11.4 Å². The molecule has 1 atom stereocenters. The molecule has 148 valence electrons. The monoisotopic (exact) mass is 412 g/mol. The fourth-order valence-corrected chi connectivity index (χ4v) is 3.88. The third-order valence-corrected chi connectivity index (χ3v) is 5.44.